The summed E-state index contributed by atoms with van der Waals surface area (Å²) in [5.74, 6) is 0.855. The van der Waals surface area contributed by atoms with Crippen molar-refractivity contribution in [3.05, 3.63) is 47.2 Å². The number of nitrogens with zero attached hydrogens (tertiary/aromatic N) is 1. The van der Waals surface area contributed by atoms with Crippen molar-refractivity contribution < 1.29 is 9.53 Å². The van der Waals surface area contributed by atoms with Crippen molar-refractivity contribution in [1.82, 2.24) is 15.3 Å². The molecule has 0 radical (unpaired) electrons. The van der Waals surface area contributed by atoms with Gasteiger partial charge >= 0.3 is 0 Å². The van der Waals surface area contributed by atoms with Gasteiger partial charge in [-0.25, -0.2) is 4.98 Å². The van der Waals surface area contributed by atoms with Crippen molar-refractivity contribution in [2.75, 3.05) is 13.1 Å². The van der Waals surface area contributed by atoms with Crippen LogP contribution in [-0.4, -0.2) is 34.4 Å². The summed E-state index contributed by atoms with van der Waals surface area (Å²) in [6, 6.07) is 7.71. The minimum absolute atomic E-state index is 0.170. The molecule has 0 aliphatic carbocycles. The van der Waals surface area contributed by atoms with Crippen LogP contribution in [0.5, 0.6) is 5.75 Å². The Morgan fingerprint density at radius 3 is 2.85 bits per heavy atom. The van der Waals surface area contributed by atoms with Crippen LogP contribution in [-0.2, 0) is 0 Å². The minimum atomic E-state index is -0.362. The lowest BCUT2D eigenvalue weighted by atomic mass is 9.82. The Hall–Kier alpha value is -2.37. The van der Waals surface area contributed by atoms with Gasteiger partial charge in [0.05, 0.1) is 17.0 Å². The number of ketones is 1. The van der Waals surface area contributed by atoms with Gasteiger partial charge in [0.2, 0.25) is 0 Å². The van der Waals surface area contributed by atoms with E-state index in [9.17, 15) is 4.79 Å². The third-order valence-electron chi connectivity index (χ3n) is 5.41. The predicted octanol–water partition coefficient (Wildman–Crippen LogP) is 3.97. The summed E-state index contributed by atoms with van der Waals surface area (Å²) in [7, 11) is 0. The monoisotopic (exact) mass is 367 g/mol. The number of rotatable bonds is 1. The second-order valence-electron chi connectivity index (χ2n) is 7.10. The standard InChI is InChI=1S/C20H18ClN3O2/c21-13-8-15-16(11-24-19(15)23-10-13)12-1-2-14-17(25)9-20(26-18(14)7-12)3-5-22-6-4-20/h1-2,7-8,10-11,22H,3-6,9H2,(H,23,24). The highest BCUT2D eigenvalue weighted by atomic mass is 35.5. The highest BCUT2D eigenvalue weighted by Crippen LogP contribution is 2.41. The molecule has 0 saturated carbocycles. The van der Waals surface area contributed by atoms with E-state index < -0.39 is 0 Å². The third-order valence-corrected chi connectivity index (χ3v) is 5.62. The molecule has 4 heterocycles. The fourth-order valence-corrected chi connectivity index (χ4v) is 4.20. The van der Waals surface area contributed by atoms with Crippen molar-refractivity contribution in [1.29, 1.82) is 0 Å². The molecule has 5 rings (SSSR count). The molecule has 6 heteroatoms. The van der Waals surface area contributed by atoms with Gasteiger partial charge in [0, 0.05) is 36.2 Å². The van der Waals surface area contributed by atoms with Crippen LogP contribution < -0.4 is 10.1 Å². The number of Topliss-reactive ketones (excluding diaryl/α,β-unsaturated/α-hetero) is 1. The number of fused-ring (bicyclic) bond motifs is 2. The maximum absolute atomic E-state index is 12.7. The van der Waals surface area contributed by atoms with Crippen LogP contribution >= 0.6 is 11.6 Å². The Balaban J connectivity index is 1.59. The second-order valence-corrected chi connectivity index (χ2v) is 7.53. The number of hydrogen-bond acceptors (Lipinski definition) is 4. The van der Waals surface area contributed by atoms with Crippen molar-refractivity contribution in [2.45, 2.75) is 24.9 Å². The van der Waals surface area contributed by atoms with Crippen molar-refractivity contribution >= 4 is 28.4 Å². The van der Waals surface area contributed by atoms with Crippen molar-refractivity contribution in [3.8, 4) is 16.9 Å². The quantitative estimate of drug-likeness (QED) is 0.683. The zero-order valence-corrected chi connectivity index (χ0v) is 14.9. The first-order valence-corrected chi connectivity index (χ1v) is 9.21. The van der Waals surface area contributed by atoms with Gasteiger partial charge in [-0.05, 0) is 36.9 Å². The Labute approximate surface area is 155 Å². The first-order valence-electron chi connectivity index (χ1n) is 8.84. The molecule has 0 amide bonds. The van der Waals surface area contributed by atoms with Crippen LogP contribution in [0, 0.1) is 0 Å². The molecule has 3 aromatic rings. The zero-order valence-electron chi connectivity index (χ0n) is 14.1. The van der Waals surface area contributed by atoms with Gasteiger partial charge in [0.1, 0.15) is 17.0 Å². The van der Waals surface area contributed by atoms with Gasteiger partial charge in [0.15, 0.2) is 5.78 Å². The maximum Gasteiger partial charge on any atom is 0.170 e. The largest absolute Gasteiger partial charge is 0.486 e. The molecule has 132 valence electrons. The molecule has 2 aromatic heterocycles. The Morgan fingerprint density at radius 2 is 2.00 bits per heavy atom. The molecule has 0 atom stereocenters. The van der Waals surface area contributed by atoms with E-state index in [1.807, 2.05) is 30.5 Å². The third kappa shape index (κ3) is 2.50. The Kier molecular flexibility index (Phi) is 3.55. The first kappa shape index (κ1) is 15.9. The molecule has 26 heavy (non-hydrogen) atoms. The molecule has 1 spiro atoms. The lowest BCUT2D eigenvalue weighted by molar-refractivity contribution is 0.0188. The number of H-pyrrole nitrogens is 1. The topological polar surface area (TPSA) is 67.0 Å². The molecular formula is C20H18ClN3O2. The van der Waals surface area contributed by atoms with Crippen LogP contribution in [0.2, 0.25) is 5.02 Å². The smallest absolute Gasteiger partial charge is 0.170 e. The van der Waals surface area contributed by atoms with E-state index in [0.29, 0.717) is 22.8 Å². The average molecular weight is 368 g/mol. The molecule has 2 N–H and O–H groups in total. The molecule has 2 aliphatic heterocycles. The van der Waals surface area contributed by atoms with Crippen LogP contribution in [0.25, 0.3) is 22.2 Å². The molecule has 5 nitrogen and oxygen atoms in total. The number of pyridine rings is 1. The number of aromatic nitrogens is 2. The molecular weight excluding hydrogens is 350 g/mol. The Morgan fingerprint density at radius 1 is 1.15 bits per heavy atom. The SMILES string of the molecule is O=C1CC2(CCNCC2)Oc2cc(-c3c[nH]c4ncc(Cl)cc34)ccc21. The minimum Gasteiger partial charge on any atom is -0.486 e. The van der Waals surface area contributed by atoms with Crippen LogP contribution in [0.3, 0.4) is 0 Å². The second kappa shape index (κ2) is 5.83. The zero-order chi connectivity index (χ0) is 17.7. The predicted molar refractivity (Wildman–Crippen MR) is 101 cm³/mol. The number of aromatic amines is 1. The number of piperidine rings is 1. The van der Waals surface area contributed by atoms with Crippen LogP contribution in [0.4, 0.5) is 0 Å². The van der Waals surface area contributed by atoms with Crippen LogP contribution in [0.1, 0.15) is 29.6 Å². The molecule has 2 aliphatic rings. The Bertz CT molecular complexity index is 1020. The maximum atomic E-state index is 12.7. The summed E-state index contributed by atoms with van der Waals surface area (Å²) in [5.41, 5.74) is 3.08. The summed E-state index contributed by atoms with van der Waals surface area (Å²) in [6.45, 7) is 1.77. The summed E-state index contributed by atoms with van der Waals surface area (Å²) in [6.07, 6.45) is 5.72. The van der Waals surface area contributed by atoms with E-state index in [0.717, 1.165) is 48.1 Å². The molecule has 1 aromatic carbocycles. The highest BCUT2D eigenvalue weighted by Gasteiger charge is 2.41. The van der Waals surface area contributed by atoms with E-state index in [1.165, 1.54) is 0 Å². The number of nitrogens with one attached hydrogen (secondary N) is 2. The van der Waals surface area contributed by atoms with Gasteiger partial charge in [-0.15, -0.1) is 0 Å². The normalized spacial score (nSPS) is 18.7. The fourth-order valence-electron chi connectivity index (χ4n) is 4.04. The van der Waals surface area contributed by atoms with E-state index in [1.54, 1.807) is 6.20 Å². The number of carbonyl (C=O) groups is 1. The molecule has 0 unspecified atom stereocenters. The summed E-state index contributed by atoms with van der Waals surface area (Å²) in [4.78, 5) is 20.2. The van der Waals surface area contributed by atoms with Crippen LogP contribution in [0.15, 0.2) is 36.7 Å². The number of benzene rings is 1. The first-order chi connectivity index (χ1) is 12.6. The number of ether oxygens (including phenoxy) is 1. The van der Waals surface area contributed by atoms with Gasteiger partial charge in [-0.2, -0.15) is 0 Å². The fraction of sp³-hybridized carbons (Fsp3) is 0.300. The van der Waals surface area contributed by atoms with Gasteiger partial charge in [-0.1, -0.05) is 17.7 Å². The summed E-state index contributed by atoms with van der Waals surface area (Å²) < 4.78 is 6.39. The van der Waals surface area contributed by atoms with Crippen molar-refractivity contribution in [2.24, 2.45) is 0 Å². The number of hydrogen-bond donors (Lipinski definition) is 2. The molecule has 0 bridgehead atoms. The van der Waals surface area contributed by atoms with Gasteiger partial charge < -0.3 is 15.0 Å². The lowest BCUT2D eigenvalue weighted by Crippen LogP contribution is -2.49. The van der Waals surface area contributed by atoms with Gasteiger partial charge in [-0.3, -0.25) is 4.79 Å². The average Bonchev–Trinajstić information content (AvgIpc) is 3.04. The van der Waals surface area contributed by atoms with Crippen molar-refractivity contribution in [3.63, 3.8) is 0 Å². The molecule has 1 saturated heterocycles. The van der Waals surface area contributed by atoms with E-state index in [2.05, 4.69) is 15.3 Å². The lowest BCUT2D eigenvalue weighted by Gasteiger charge is -2.41. The van der Waals surface area contributed by atoms with E-state index in [4.69, 9.17) is 16.3 Å². The highest BCUT2D eigenvalue weighted by molar-refractivity contribution is 6.31. The van der Waals surface area contributed by atoms with E-state index in [-0.39, 0.29) is 11.4 Å². The summed E-state index contributed by atoms with van der Waals surface area (Å²) >= 11 is 6.12. The number of halogens is 1. The molecule has 1 fully saturated rings. The van der Waals surface area contributed by atoms with Gasteiger partial charge in [0.25, 0.3) is 0 Å². The van der Waals surface area contributed by atoms with E-state index >= 15 is 0 Å². The summed E-state index contributed by atoms with van der Waals surface area (Å²) in [5, 5.41) is 4.89. The number of carbonyl (C=O) groups excluding carboxylic acids is 1.